The molecule has 2 aliphatic heterocycles. The fourth-order valence-electron chi connectivity index (χ4n) is 4.33. The minimum absolute atomic E-state index is 0.0663. The van der Waals surface area contributed by atoms with Gasteiger partial charge in [-0.1, -0.05) is 30.3 Å². The third-order valence-electron chi connectivity index (χ3n) is 6.04. The van der Waals surface area contributed by atoms with Gasteiger partial charge in [-0.2, -0.15) is 0 Å². The van der Waals surface area contributed by atoms with Crippen LogP contribution in [0.4, 0.5) is 0 Å². The van der Waals surface area contributed by atoms with E-state index in [2.05, 4.69) is 17.0 Å². The minimum atomic E-state index is -0.488. The molecule has 1 unspecified atom stereocenters. The van der Waals surface area contributed by atoms with Crippen LogP contribution in [-0.2, 0) is 24.4 Å². The predicted octanol–water partition coefficient (Wildman–Crippen LogP) is 3.56. The van der Waals surface area contributed by atoms with Gasteiger partial charge in [0.1, 0.15) is 0 Å². The van der Waals surface area contributed by atoms with E-state index in [1.165, 1.54) is 6.42 Å². The Labute approximate surface area is 169 Å². The number of likely N-dealkylation sites (tertiary alicyclic amines) is 1. The molecule has 2 aliphatic rings. The van der Waals surface area contributed by atoms with Crippen molar-refractivity contribution in [2.45, 2.75) is 57.0 Å². The number of nitrogens with zero attached hydrogens (tertiary/aromatic N) is 1. The van der Waals surface area contributed by atoms with E-state index in [4.69, 9.17) is 14.2 Å². The van der Waals surface area contributed by atoms with Crippen molar-refractivity contribution in [2.75, 3.05) is 46.1 Å². The van der Waals surface area contributed by atoms with E-state index < -0.39 is 5.41 Å². The molecule has 2 heterocycles. The lowest BCUT2D eigenvalue weighted by Crippen LogP contribution is -2.48. The smallest absolute Gasteiger partial charge is 0.316 e. The quantitative estimate of drug-likeness (QED) is 0.452. The van der Waals surface area contributed by atoms with Gasteiger partial charge in [-0.15, -0.1) is 0 Å². The van der Waals surface area contributed by atoms with E-state index in [1.54, 1.807) is 0 Å². The first-order valence-corrected chi connectivity index (χ1v) is 10.9. The third-order valence-corrected chi connectivity index (χ3v) is 6.04. The monoisotopic (exact) mass is 389 g/mol. The molecule has 3 rings (SSSR count). The summed E-state index contributed by atoms with van der Waals surface area (Å²) in [5.74, 6) is -0.0663. The Morgan fingerprint density at radius 1 is 1.21 bits per heavy atom. The fourth-order valence-corrected chi connectivity index (χ4v) is 4.33. The molecule has 156 valence electrons. The van der Waals surface area contributed by atoms with Gasteiger partial charge in [-0.3, -0.25) is 4.79 Å². The third kappa shape index (κ3) is 5.56. The second-order valence-corrected chi connectivity index (χ2v) is 7.93. The van der Waals surface area contributed by atoms with Crippen LogP contribution in [0.25, 0.3) is 0 Å². The van der Waals surface area contributed by atoms with Crippen molar-refractivity contribution in [1.29, 1.82) is 0 Å². The average molecular weight is 390 g/mol. The summed E-state index contributed by atoms with van der Waals surface area (Å²) in [5, 5.41) is 0. The summed E-state index contributed by atoms with van der Waals surface area (Å²) in [5.41, 5.74) is 0.605. The zero-order valence-corrected chi connectivity index (χ0v) is 17.2. The van der Waals surface area contributed by atoms with Gasteiger partial charge in [0.05, 0.1) is 24.7 Å². The topological polar surface area (TPSA) is 48.0 Å². The first kappa shape index (κ1) is 21.3. The van der Waals surface area contributed by atoms with Crippen LogP contribution >= 0.6 is 0 Å². The van der Waals surface area contributed by atoms with Gasteiger partial charge < -0.3 is 19.1 Å². The summed E-state index contributed by atoms with van der Waals surface area (Å²) >= 11 is 0. The lowest BCUT2D eigenvalue weighted by Gasteiger charge is -2.40. The van der Waals surface area contributed by atoms with E-state index in [1.807, 2.05) is 25.1 Å². The molecule has 0 N–H and O–H groups in total. The first-order valence-electron chi connectivity index (χ1n) is 10.9. The Morgan fingerprint density at radius 2 is 2.00 bits per heavy atom. The molecule has 0 saturated carbocycles. The highest BCUT2D eigenvalue weighted by Gasteiger charge is 2.43. The van der Waals surface area contributed by atoms with Crippen molar-refractivity contribution in [3.63, 3.8) is 0 Å². The number of rotatable bonds is 10. The summed E-state index contributed by atoms with van der Waals surface area (Å²) < 4.78 is 16.8. The van der Waals surface area contributed by atoms with E-state index in [0.717, 1.165) is 77.1 Å². The van der Waals surface area contributed by atoms with Gasteiger partial charge in [-0.25, -0.2) is 0 Å². The second kappa shape index (κ2) is 10.9. The Hall–Kier alpha value is -1.43. The van der Waals surface area contributed by atoms with E-state index in [9.17, 15) is 4.79 Å². The molecule has 2 fully saturated rings. The Balaban J connectivity index is 1.40. The second-order valence-electron chi connectivity index (χ2n) is 7.93. The normalized spacial score (nSPS) is 22.2. The number of hydrogen-bond acceptors (Lipinski definition) is 5. The Morgan fingerprint density at radius 3 is 2.68 bits per heavy atom. The highest BCUT2D eigenvalue weighted by Crippen LogP contribution is 2.37. The standard InChI is InChI=1S/C23H35NO4/c1-2-27-22(25)23(20-9-4-3-5-10-20)12-15-24(16-13-23)14-6-7-17-26-19-21-11-8-18-28-21/h3-5,9-10,21H,2,6-8,11-19H2,1H3. The molecule has 5 nitrogen and oxygen atoms in total. The van der Waals surface area contributed by atoms with E-state index >= 15 is 0 Å². The average Bonchev–Trinajstić information content (AvgIpc) is 3.25. The molecule has 0 aliphatic carbocycles. The minimum Gasteiger partial charge on any atom is -0.465 e. The maximum Gasteiger partial charge on any atom is 0.316 e. The molecule has 0 amide bonds. The number of hydrogen-bond donors (Lipinski definition) is 0. The molecule has 2 saturated heterocycles. The predicted molar refractivity (Wildman–Crippen MR) is 109 cm³/mol. The van der Waals surface area contributed by atoms with Crippen LogP contribution in [0.1, 0.15) is 51.0 Å². The fraction of sp³-hybridized carbons (Fsp3) is 0.696. The molecule has 5 heteroatoms. The number of carbonyl (C=O) groups excluding carboxylic acids is 1. The van der Waals surface area contributed by atoms with Gasteiger partial charge in [0.15, 0.2) is 0 Å². The summed E-state index contributed by atoms with van der Waals surface area (Å²) in [6.07, 6.45) is 6.47. The van der Waals surface area contributed by atoms with Crippen LogP contribution in [0.15, 0.2) is 30.3 Å². The van der Waals surface area contributed by atoms with Crippen molar-refractivity contribution in [3.8, 4) is 0 Å². The van der Waals surface area contributed by atoms with Crippen molar-refractivity contribution < 1.29 is 19.0 Å². The van der Waals surface area contributed by atoms with E-state index in [-0.39, 0.29) is 5.97 Å². The van der Waals surface area contributed by atoms with Crippen LogP contribution < -0.4 is 0 Å². The largest absolute Gasteiger partial charge is 0.465 e. The number of benzene rings is 1. The SMILES string of the molecule is CCOC(=O)C1(c2ccccc2)CCN(CCCCOCC2CCCO2)CC1. The maximum atomic E-state index is 12.8. The molecule has 1 aromatic rings. The number of carbonyl (C=O) groups is 1. The highest BCUT2D eigenvalue weighted by molar-refractivity contribution is 5.83. The lowest BCUT2D eigenvalue weighted by molar-refractivity contribution is -0.152. The number of unbranched alkanes of at least 4 members (excludes halogenated alkanes) is 1. The van der Waals surface area contributed by atoms with Gasteiger partial charge in [-0.05, 0) is 70.6 Å². The molecule has 0 aromatic heterocycles. The molecule has 28 heavy (non-hydrogen) atoms. The highest BCUT2D eigenvalue weighted by atomic mass is 16.5. The van der Waals surface area contributed by atoms with Crippen molar-refractivity contribution in [1.82, 2.24) is 4.90 Å². The summed E-state index contributed by atoms with van der Waals surface area (Å²) in [6.45, 7) is 7.69. The molecule has 0 radical (unpaired) electrons. The van der Waals surface area contributed by atoms with Gasteiger partial charge >= 0.3 is 5.97 Å². The van der Waals surface area contributed by atoms with Crippen LogP contribution in [0.2, 0.25) is 0 Å². The molecule has 0 spiro atoms. The van der Waals surface area contributed by atoms with Gasteiger partial charge in [0, 0.05) is 13.2 Å². The first-order chi connectivity index (χ1) is 13.7. The molecule has 1 aromatic carbocycles. The molecule has 0 bridgehead atoms. The van der Waals surface area contributed by atoms with Crippen molar-refractivity contribution in [2.24, 2.45) is 0 Å². The van der Waals surface area contributed by atoms with Gasteiger partial charge in [0.2, 0.25) is 0 Å². The molecular weight excluding hydrogens is 354 g/mol. The summed E-state index contributed by atoms with van der Waals surface area (Å²) in [4.78, 5) is 15.3. The lowest BCUT2D eigenvalue weighted by atomic mass is 9.72. The van der Waals surface area contributed by atoms with E-state index in [0.29, 0.717) is 12.7 Å². The van der Waals surface area contributed by atoms with Crippen LogP contribution in [0.5, 0.6) is 0 Å². The summed E-state index contributed by atoms with van der Waals surface area (Å²) in [7, 11) is 0. The zero-order chi connectivity index (χ0) is 19.7. The van der Waals surface area contributed by atoms with Crippen LogP contribution in [0, 0.1) is 0 Å². The number of esters is 1. The van der Waals surface area contributed by atoms with Crippen molar-refractivity contribution in [3.05, 3.63) is 35.9 Å². The van der Waals surface area contributed by atoms with Crippen LogP contribution in [0.3, 0.4) is 0 Å². The summed E-state index contributed by atoms with van der Waals surface area (Å²) in [6, 6.07) is 10.2. The van der Waals surface area contributed by atoms with Crippen molar-refractivity contribution >= 4 is 5.97 Å². The number of piperidine rings is 1. The van der Waals surface area contributed by atoms with Crippen LogP contribution in [-0.4, -0.2) is 63.0 Å². The number of ether oxygens (including phenoxy) is 3. The Bertz CT molecular complexity index is 578. The Kier molecular flexibility index (Phi) is 8.31. The molecule has 1 atom stereocenters. The van der Waals surface area contributed by atoms with Gasteiger partial charge in [0.25, 0.3) is 0 Å². The maximum absolute atomic E-state index is 12.8. The molecular formula is C23H35NO4. The zero-order valence-electron chi connectivity index (χ0n) is 17.2.